The number of rotatable bonds is 2. The number of piperazine rings is 1. The van der Waals surface area contributed by atoms with E-state index in [0.717, 1.165) is 16.7 Å². The number of benzene rings is 1. The Hall–Kier alpha value is -2.57. The molecule has 7 heteroatoms. The Labute approximate surface area is 208 Å². The van der Waals surface area contributed by atoms with E-state index in [0.29, 0.717) is 36.8 Å². The smallest absolute Gasteiger partial charge is 0.410 e. The largest absolute Gasteiger partial charge is 0.444 e. The zero-order valence-corrected chi connectivity index (χ0v) is 21.8. The fourth-order valence-corrected chi connectivity index (χ4v) is 4.75. The predicted octanol–water partition coefficient (Wildman–Crippen LogP) is 5.36. The number of hydrogen-bond acceptors (Lipinski definition) is 5. The third-order valence-corrected chi connectivity index (χ3v) is 6.24. The first-order valence-electron chi connectivity index (χ1n) is 12.0. The lowest BCUT2D eigenvalue weighted by atomic mass is 9.89. The minimum atomic E-state index is -0.513. The van der Waals surface area contributed by atoms with Crippen LogP contribution in [0.3, 0.4) is 0 Å². The number of ketones is 1. The molecule has 2 aliphatic heterocycles. The van der Waals surface area contributed by atoms with Gasteiger partial charge in [-0.05, 0) is 74.9 Å². The first-order chi connectivity index (χ1) is 16.1. The van der Waals surface area contributed by atoms with Gasteiger partial charge in [0.05, 0.1) is 12.1 Å². The monoisotopic (exact) mass is 485 g/mol. The van der Waals surface area contributed by atoms with Crippen molar-refractivity contribution in [2.24, 2.45) is 0 Å². The van der Waals surface area contributed by atoms with Gasteiger partial charge in [-0.3, -0.25) is 9.69 Å². The second-order valence-corrected chi connectivity index (χ2v) is 9.90. The highest BCUT2D eigenvalue weighted by Gasteiger charge is 2.38. The molecule has 2 heterocycles. The molecule has 0 saturated carbocycles. The lowest BCUT2D eigenvalue weighted by molar-refractivity contribution is -0.111. The maximum absolute atomic E-state index is 12.6. The third-order valence-electron chi connectivity index (χ3n) is 6.01. The molecule has 0 spiro atoms. The third kappa shape index (κ3) is 5.73. The summed E-state index contributed by atoms with van der Waals surface area (Å²) in [5, 5.41) is 4.11. The van der Waals surface area contributed by atoms with Crippen molar-refractivity contribution in [2.45, 2.75) is 59.2 Å². The molecule has 34 heavy (non-hydrogen) atoms. The van der Waals surface area contributed by atoms with Crippen molar-refractivity contribution in [1.82, 2.24) is 15.1 Å². The second-order valence-electron chi connectivity index (χ2n) is 9.46. The van der Waals surface area contributed by atoms with Crippen molar-refractivity contribution in [1.29, 1.82) is 0 Å². The highest BCUT2D eigenvalue weighted by Crippen LogP contribution is 2.40. The number of carbonyl (C=O) groups excluding carboxylic acids is 2. The van der Waals surface area contributed by atoms with E-state index in [1.807, 2.05) is 71.2 Å². The Morgan fingerprint density at radius 1 is 1.12 bits per heavy atom. The Kier molecular flexibility index (Phi) is 8.26. The molecule has 2 atom stereocenters. The molecule has 1 fully saturated rings. The average Bonchev–Trinajstić information content (AvgIpc) is 2.94. The van der Waals surface area contributed by atoms with Gasteiger partial charge in [-0.2, -0.15) is 0 Å². The maximum Gasteiger partial charge on any atom is 0.410 e. The zero-order chi connectivity index (χ0) is 25.0. The first-order valence-corrected chi connectivity index (χ1v) is 12.4. The van der Waals surface area contributed by atoms with E-state index in [1.54, 1.807) is 11.8 Å². The zero-order valence-electron chi connectivity index (χ0n) is 21.0. The van der Waals surface area contributed by atoms with Gasteiger partial charge in [-0.1, -0.05) is 37.6 Å². The van der Waals surface area contributed by atoms with Gasteiger partial charge in [-0.25, -0.2) is 4.79 Å². The lowest BCUT2D eigenvalue weighted by Crippen LogP contribution is -2.54. The fraction of sp³-hybridized carbons (Fsp3) is 0.481. The minimum Gasteiger partial charge on any atom is -0.444 e. The van der Waals surface area contributed by atoms with Gasteiger partial charge < -0.3 is 15.0 Å². The standard InChI is InChI=1S/C25H30ClN3O3.C2H6/c1-16(30)20-14-17-6-5-9-27-22(17)23(19-8-7-18(26)15-21(19)20)28-10-12-29(13-11-28)24(31)32-25(2,3)4;1-2/h5-9,14-15,22-23,27H,10-13H2,1-4H3;1-2H3. The highest BCUT2D eigenvalue weighted by atomic mass is 35.5. The van der Waals surface area contributed by atoms with Crippen LogP contribution in [0.15, 0.2) is 48.2 Å². The van der Waals surface area contributed by atoms with Crippen molar-refractivity contribution in [3.05, 3.63) is 64.3 Å². The molecule has 6 nitrogen and oxygen atoms in total. The van der Waals surface area contributed by atoms with Gasteiger partial charge in [0.25, 0.3) is 0 Å². The molecule has 4 rings (SSSR count). The SMILES string of the molecule is CC.CC(=O)C1=CC2=CC=CNC2C(N2CCN(C(=O)OC(C)(C)C)CC2)c2ccc(Cl)cc21. The second kappa shape index (κ2) is 10.8. The summed E-state index contributed by atoms with van der Waals surface area (Å²) in [5.41, 5.74) is 3.16. The van der Waals surface area contributed by atoms with Crippen LogP contribution < -0.4 is 5.32 Å². The van der Waals surface area contributed by atoms with E-state index in [2.05, 4.69) is 16.3 Å². The quantitative estimate of drug-likeness (QED) is 0.611. The molecule has 3 aliphatic rings. The molecule has 1 aromatic carbocycles. The van der Waals surface area contributed by atoms with E-state index in [-0.39, 0.29) is 24.0 Å². The summed E-state index contributed by atoms with van der Waals surface area (Å²) >= 11 is 6.34. The summed E-state index contributed by atoms with van der Waals surface area (Å²) in [6.45, 7) is 13.8. The predicted molar refractivity (Wildman–Crippen MR) is 138 cm³/mol. The van der Waals surface area contributed by atoms with Gasteiger partial charge in [0.2, 0.25) is 0 Å². The summed E-state index contributed by atoms with van der Waals surface area (Å²) in [5.74, 6) is 0.0121. The van der Waals surface area contributed by atoms with Crippen LogP contribution in [0.1, 0.15) is 58.7 Å². The summed E-state index contributed by atoms with van der Waals surface area (Å²) in [6, 6.07) is 5.79. The number of hydrogen-bond donors (Lipinski definition) is 1. The van der Waals surface area contributed by atoms with Crippen LogP contribution in [0.25, 0.3) is 5.57 Å². The molecule has 184 valence electrons. The molecule has 1 N–H and O–H groups in total. The molecular weight excluding hydrogens is 450 g/mol. The average molecular weight is 486 g/mol. The highest BCUT2D eigenvalue weighted by molar-refractivity contribution is 6.31. The van der Waals surface area contributed by atoms with Gasteiger partial charge in [-0.15, -0.1) is 0 Å². The van der Waals surface area contributed by atoms with Crippen LogP contribution in [0.5, 0.6) is 0 Å². The molecular formula is C27H36ClN3O3. The van der Waals surface area contributed by atoms with Gasteiger partial charge in [0, 0.05) is 36.8 Å². The molecule has 0 aromatic heterocycles. The van der Waals surface area contributed by atoms with Gasteiger partial charge >= 0.3 is 6.09 Å². The molecule has 1 saturated heterocycles. The Bertz CT molecular complexity index is 1010. The van der Waals surface area contributed by atoms with Crippen LogP contribution in [-0.4, -0.2) is 59.5 Å². The number of Topliss-reactive ketones (excluding diaryl/α,β-unsaturated/α-hetero) is 1. The fourth-order valence-electron chi connectivity index (χ4n) is 4.58. The number of ether oxygens (including phenoxy) is 1. The van der Waals surface area contributed by atoms with Crippen molar-refractivity contribution in [3.63, 3.8) is 0 Å². The van der Waals surface area contributed by atoms with E-state index in [1.165, 1.54) is 0 Å². The molecule has 1 aliphatic carbocycles. The molecule has 2 unspecified atom stereocenters. The van der Waals surface area contributed by atoms with E-state index < -0.39 is 5.60 Å². The molecule has 0 bridgehead atoms. The van der Waals surface area contributed by atoms with Crippen LogP contribution in [0, 0.1) is 0 Å². The Morgan fingerprint density at radius 2 is 1.79 bits per heavy atom. The number of halogens is 1. The normalized spacial score (nSPS) is 22.0. The van der Waals surface area contributed by atoms with Crippen LogP contribution in [-0.2, 0) is 9.53 Å². The summed E-state index contributed by atoms with van der Waals surface area (Å²) < 4.78 is 5.55. The molecule has 1 aromatic rings. The molecule has 1 amide bonds. The number of dihydropyridines is 1. The number of carbonyl (C=O) groups is 2. The van der Waals surface area contributed by atoms with Crippen LogP contribution in [0.4, 0.5) is 4.79 Å². The van der Waals surface area contributed by atoms with Crippen LogP contribution in [0.2, 0.25) is 5.02 Å². The van der Waals surface area contributed by atoms with E-state index in [4.69, 9.17) is 16.3 Å². The summed E-state index contributed by atoms with van der Waals surface area (Å²) in [4.78, 5) is 29.2. The number of nitrogens with zero attached hydrogens (tertiary/aromatic N) is 2. The van der Waals surface area contributed by atoms with Crippen LogP contribution >= 0.6 is 11.6 Å². The van der Waals surface area contributed by atoms with Crippen molar-refractivity contribution < 1.29 is 14.3 Å². The Morgan fingerprint density at radius 3 is 2.41 bits per heavy atom. The van der Waals surface area contributed by atoms with Crippen molar-refractivity contribution in [2.75, 3.05) is 26.2 Å². The van der Waals surface area contributed by atoms with Crippen molar-refractivity contribution >= 4 is 29.1 Å². The van der Waals surface area contributed by atoms with Crippen molar-refractivity contribution in [3.8, 4) is 0 Å². The number of allylic oxidation sites excluding steroid dienone is 3. The topological polar surface area (TPSA) is 61.9 Å². The first kappa shape index (κ1) is 26.0. The summed E-state index contributed by atoms with van der Waals surface area (Å²) in [7, 11) is 0. The van der Waals surface area contributed by atoms with Gasteiger partial charge in [0.15, 0.2) is 5.78 Å². The number of fused-ring (bicyclic) bond motifs is 2. The maximum atomic E-state index is 12.6. The number of nitrogens with one attached hydrogen (secondary N) is 1. The Balaban J connectivity index is 0.00000158. The van der Waals surface area contributed by atoms with E-state index >= 15 is 0 Å². The molecule has 0 radical (unpaired) electrons. The minimum absolute atomic E-state index is 0.00708. The summed E-state index contributed by atoms with van der Waals surface area (Å²) in [6.07, 6.45) is 7.67. The van der Waals surface area contributed by atoms with Gasteiger partial charge in [0.1, 0.15) is 5.60 Å². The van der Waals surface area contributed by atoms with E-state index in [9.17, 15) is 9.59 Å². The number of amides is 1. The lowest BCUT2D eigenvalue weighted by Gasteiger charge is -2.43.